The lowest BCUT2D eigenvalue weighted by Gasteiger charge is -2.16. The first kappa shape index (κ1) is 22.0. The first-order valence-electron chi connectivity index (χ1n) is 9.72. The first-order valence-corrected chi connectivity index (χ1v) is 9.72. The molecule has 1 amide bonds. The van der Waals surface area contributed by atoms with Crippen LogP contribution in [0, 0.1) is 0 Å². The highest BCUT2D eigenvalue weighted by atomic mass is 16.7. The normalized spacial score (nSPS) is 12.3. The summed E-state index contributed by atoms with van der Waals surface area (Å²) in [7, 11) is 0. The summed E-state index contributed by atoms with van der Waals surface area (Å²) in [6.45, 7) is 8.35. The fourth-order valence-corrected chi connectivity index (χ4v) is 2.61. The molecule has 2 aromatic rings. The highest BCUT2D eigenvalue weighted by Gasteiger charge is 2.14. The van der Waals surface area contributed by atoms with Gasteiger partial charge in [0.25, 0.3) is 5.91 Å². The third-order valence-electron chi connectivity index (χ3n) is 4.06. The smallest absolute Gasteiger partial charge is 0.273 e. The monoisotopic (exact) mass is 390 g/mol. The van der Waals surface area contributed by atoms with E-state index >= 15 is 0 Å². The molecule has 154 valence electrons. The van der Waals surface area contributed by atoms with Crippen molar-refractivity contribution >= 4 is 5.91 Å². The van der Waals surface area contributed by atoms with Crippen LogP contribution in [0.25, 0.3) is 0 Å². The van der Waals surface area contributed by atoms with Gasteiger partial charge in [-0.05, 0) is 32.8 Å². The fraction of sp³-hybridized carbons (Fsp3) is 0.550. The van der Waals surface area contributed by atoms with E-state index in [4.69, 9.17) is 14.2 Å². The number of rotatable bonds is 13. The number of ether oxygens (including phenoxy) is 3. The van der Waals surface area contributed by atoms with Crippen molar-refractivity contribution in [3.63, 3.8) is 0 Å². The molecule has 0 saturated carbocycles. The van der Waals surface area contributed by atoms with Crippen LogP contribution >= 0.6 is 0 Å². The zero-order chi connectivity index (χ0) is 20.2. The standard InChI is InChI=1S/C20H30N4O4/c1-4-26-19(27-5-2)15-24-14-18(22-23-24)20(25)21-12-9-13-28-16(3)17-10-7-6-8-11-17/h6-8,10-11,14,16,19H,4-5,9,12-13,15H2,1-3H3,(H,21,25). The van der Waals surface area contributed by atoms with Gasteiger partial charge < -0.3 is 19.5 Å². The van der Waals surface area contributed by atoms with Crippen molar-refractivity contribution in [2.45, 2.75) is 46.1 Å². The van der Waals surface area contributed by atoms with Crippen molar-refractivity contribution in [2.75, 3.05) is 26.4 Å². The van der Waals surface area contributed by atoms with Crippen LogP contribution in [0.1, 0.15) is 49.3 Å². The van der Waals surface area contributed by atoms with Gasteiger partial charge in [-0.2, -0.15) is 0 Å². The molecule has 1 N–H and O–H groups in total. The number of hydrogen-bond acceptors (Lipinski definition) is 6. The fourth-order valence-electron chi connectivity index (χ4n) is 2.61. The van der Waals surface area contributed by atoms with Crippen LogP contribution in [0.4, 0.5) is 0 Å². The number of benzene rings is 1. The Morgan fingerprint density at radius 3 is 2.54 bits per heavy atom. The van der Waals surface area contributed by atoms with Gasteiger partial charge in [-0.3, -0.25) is 4.79 Å². The van der Waals surface area contributed by atoms with E-state index in [1.54, 1.807) is 10.9 Å². The van der Waals surface area contributed by atoms with Crippen LogP contribution in [0.5, 0.6) is 0 Å². The van der Waals surface area contributed by atoms with Gasteiger partial charge >= 0.3 is 0 Å². The van der Waals surface area contributed by atoms with Crippen molar-refractivity contribution in [3.05, 3.63) is 47.8 Å². The number of amides is 1. The van der Waals surface area contributed by atoms with E-state index in [0.29, 0.717) is 39.3 Å². The van der Waals surface area contributed by atoms with Crippen molar-refractivity contribution in [1.29, 1.82) is 0 Å². The lowest BCUT2D eigenvalue weighted by Crippen LogP contribution is -2.26. The molecule has 1 atom stereocenters. The van der Waals surface area contributed by atoms with Crippen LogP contribution in [-0.4, -0.2) is 53.6 Å². The average Bonchev–Trinajstić information content (AvgIpc) is 3.17. The molecule has 0 aliphatic heterocycles. The number of aromatic nitrogens is 3. The highest BCUT2D eigenvalue weighted by molar-refractivity contribution is 5.91. The third kappa shape index (κ3) is 7.38. The molecule has 8 heteroatoms. The van der Waals surface area contributed by atoms with Crippen LogP contribution in [-0.2, 0) is 20.8 Å². The van der Waals surface area contributed by atoms with E-state index < -0.39 is 6.29 Å². The topological polar surface area (TPSA) is 87.5 Å². The molecule has 0 bridgehead atoms. The molecule has 28 heavy (non-hydrogen) atoms. The summed E-state index contributed by atoms with van der Waals surface area (Å²) in [5.74, 6) is -0.258. The molecule has 1 unspecified atom stereocenters. The van der Waals surface area contributed by atoms with Crippen molar-refractivity contribution < 1.29 is 19.0 Å². The molecule has 0 spiro atoms. The van der Waals surface area contributed by atoms with Crippen LogP contribution < -0.4 is 5.32 Å². The van der Waals surface area contributed by atoms with Gasteiger partial charge in [-0.1, -0.05) is 35.5 Å². The molecule has 1 aromatic carbocycles. The zero-order valence-corrected chi connectivity index (χ0v) is 16.8. The second-order valence-electron chi connectivity index (χ2n) is 6.20. The Balaban J connectivity index is 1.68. The van der Waals surface area contributed by atoms with Gasteiger partial charge in [0, 0.05) is 26.4 Å². The zero-order valence-electron chi connectivity index (χ0n) is 16.8. The van der Waals surface area contributed by atoms with Crippen molar-refractivity contribution in [3.8, 4) is 0 Å². The van der Waals surface area contributed by atoms with E-state index in [0.717, 1.165) is 5.56 Å². The van der Waals surface area contributed by atoms with Gasteiger partial charge in [-0.25, -0.2) is 4.68 Å². The van der Waals surface area contributed by atoms with E-state index in [-0.39, 0.29) is 17.7 Å². The number of carbonyl (C=O) groups excluding carboxylic acids is 1. The van der Waals surface area contributed by atoms with Crippen molar-refractivity contribution in [1.82, 2.24) is 20.3 Å². The molecule has 0 saturated heterocycles. The van der Waals surface area contributed by atoms with Gasteiger partial charge in [0.05, 0.1) is 18.8 Å². The molecule has 0 aliphatic carbocycles. The minimum atomic E-state index is -0.406. The summed E-state index contributed by atoms with van der Waals surface area (Å²) in [6.07, 6.45) is 1.93. The molecule has 0 radical (unpaired) electrons. The lowest BCUT2D eigenvalue weighted by molar-refractivity contribution is -0.145. The quantitative estimate of drug-likeness (QED) is 0.418. The van der Waals surface area contributed by atoms with Gasteiger partial charge in [-0.15, -0.1) is 5.10 Å². The molecule has 0 fully saturated rings. The summed E-state index contributed by atoms with van der Waals surface area (Å²) in [5.41, 5.74) is 1.41. The summed E-state index contributed by atoms with van der Waals surface area (Å²) in [5, 5.41) is 10.7. The predicted molar refractivity (Wildman–Crippen MR) is 105 cm³/mol. The average molecular weight is 390 g/mol. The minimum absolute atomic E-state index is 0.0282. The molecule has 1 heterocycles. The largest absolute Gasteiger partial charge is 0.374 e. The number of nitrogens with one attached hydrogen (secondary N) is 1. The Bertz CT molecular complexity index is 687. The third-order valence-corrected chi connectivity index (χ3v) is 4.06. The van der Waals surface area contributed by atoms with Gasteiger partial charge in [0.15, 0.2) is 12.0 Å². The summed E-state index contributed by atoms with van der Waals surface area (Å²) >= 11 is 0. The van der Waals surface area contributed by atoms with Gasteiger partial charge in [0.1, 0.15) is 0 Å². The second-order valence-corrected chi connectivity index (χ2v) is 6.20. The van der Waals surface area contributed by atoms with Crippen molar-refractivity contribution in [2.24, 2.45) is 0 Å². The number of carbonyl (C=O) groups is 1. The van der Waals surface area contributed by atoms with Gasteiger partial charge in [0.2, 0.25) is 0 Å². The second kappa shape index (κ2) is 12.2. The van der Waals surface area contributed by atoms with E-state index in [1.165, 1.54) is 0 Å². The minimum Gasteiger partial charge on any atom is -0.374 e. The Hall–Kier alpha value is -2.29. The molecule has 1 aromatic heterocycles. The SMILES string of the molecule is CCOC(Cn1cc(C(=O)NCCCOC(C)c2ccccc2)nn1)OCC. The van der Waals surface area contributed by atoms with E-state index in [1.807, 2.05) is 51.1 Å². The highest BCUT2D eigenvalue weighted by Crippen LogP contribution is 2.15. The van der Waals surface area contributed by atoms with E-state index in [9.17, 15) is 4.79 Å². The molecular weight excluding hydrogens is 360 g/mol. The van der Waals surface area contributed by atoms with Crippen LogP contribution in [0.2, 0.25) is 0 Å². The summed E-state index contributed by atoms with van der Waals surface area (Å²) in [6, 6.07) is 10.0. The lowest BCUT2D eigenvalue weighted by atomic mass is 10.1. The first-order chi connectivity index (χ1) is 13.6. The molecule has 2 rings (SSSR count). The Morgan fingerprint density at radius 1 is 1.14 bits per heavy atom. The number of hydrogen-bond donors (Lipinski definition) is 1. The molecule has 8 nitrogen and oxygen atoms in total. The van der Waals surface area contributed by atoms with Crippen LogP contribution in [0.15, 0.2) is 36.5 Å². The molecule has 0 aliphatic rings. The maximum atomic E-state index is 12.2. The predicted octanol–water partition coefficient (Wildman–Crippen LogP) is 2.57. The maximum absolute atomic E-state index is 12.2. The Labute approximate surface area is 166 Å². The van der Waals surface area contributed by atoms with Crippen LogP contribution in [0.3, 0.4) is 0 Å². The summed E-state index contributed by atoms with van der Waals surface area (Å²) < 4.78 is 18.3. The Kier molecular flexibility index (Phi) is 9.61. The van der Waals surface area contributed by atoms with E-state index in [2.05, 4.69) is 15.6 Å². The maximum Gasteiger partial charge on any atom is 0.273 e. The number of nitrogens with zero attached hydrogens (tertiary/aromatic N) is 3. The Morgan fingerprint density at radius 2 is 1.86 bits per heavy atom. The molecular formula is C20H30N4O4. The summed E-state index contributed by atoms with van der Waals surface area (Å²) in [4.78, 5) is 12.2.